The Hall–Kier alpha value is -0.120. The average Bonchev–Trinajstić information content (AvgIpc) is 2.88. The molecule has 0 unspecified atom stereocenters. The van der Waals surface area contributed by atoms with Gasteiger partial charge in [0.15, 0.2) is 0 Å². The summed E-state index contributed by atoms with van der Waals surface area (Å²) in [6.45, 7) is 10.5. The van der Waals surface area contributed by atoms with Crippen LogP contribution in [0.1, 0.15) is 59.3 Å². The summed E-state index contributed by atoms with van der Waals surface area (Å²) >= 11 is 0. The Labute approximate surface area is 124 Å². The predicted octanol–water partition coefficient (Wildman–Crippen LogP) is 2.80. The smallest absolute Gasteiger partial charge is 0.0619 e. The van der Waals surface area contributed by atoms with Crippen LogP contribution in [0.4, 0.5) is 0 Å². The lowest BCUT2D eigenvalue weighted by atomic mass is 9.81. The zero-order valence-electron chi connectivity index (χ0n) is 13.5. The standard InChI is InChI=1S/C17H32N2O/c1-17(2,3)19-10-7-13(8-11-19)18-15-5-4-6-16-14(15)9-12-20-16/h13-16,18H,4-12H2,1-3H3/t14-,15-,16+/m1/s1. The summed E-state index contributed by atoms with van der Waals surface area (Å²) in [6.07, 6.45) is 8.48. The van der Waals surface area contributed by atoms with E-state index < -0.39 is 0 Å². The molecule has 0 aromatic heterocycles. The SMILES string of the molecule is CC(C)(C)N1CCC(N[C@@H]2CCC[C@@H]3OCC[C@@H]32)CC1. The summed E-state index contributed by atoms with van der Waals surface area (Å²) < 4.78 is 5.89. The molecule has 1 aliphatic carbocycles. The van der Waals surface area contributed by atoms with Gasteiger partial charge in [-0.15, -0.1) is 0 Å². The van der Waals surface area contributed by atoms with Crippen LogP contribution in [0.15, 0.2) is 0 Å². The zero-order chi connectivity index (χ0) is 14.2. The Balaban J connectivity index is 1.49. The number of rotatable bonds is 2. The van der Waals surface area contributed by atoms with Crippen molar-refractivity contribution in [2.24, 2.45) is 5.92 Å². The van der Waals surface area contributed by atoms with Crippen LogP contribution in [0.25, 0.3) is 0 Å². The molecular formula is C17H32N2O. The summed E-state index contributed by atoms with van der Waals surface area (Å²) in [7, 11) is 0. The van der Waals surface area contributed by atoms with Crippen LogP contribution in [0.5, 0.6) is 0 Å². The number of hydrogen-bond donors (Lipinski definition) is 1. The van der Waals surface area contributed by atoms with Crippen LogP contribution in [0.3, 0.4) is 0 Å². The summed E-state index contributed by atoms with van der Waals surface area (Å²) in [5, 5.41) is 3.99. The highest BCUT2D eigenvalue weighted by atomic mass is 16.5. The second kappa shape index (κ2) is 5.94. The third-order valence-corrected chi connectivity index (χ3v) is 5.67. The molecule has 116 valence electrons. The first-order valence-corrected chi connectivity index (χ1v) is 8.67. The topological polar surface area (TPSA) is 24.5 Å². The molecule has 0 aromatic carbocycles. The Morgan fingerprint density at radius 3 is 2.45 bits per heavy atom. The van der Waals surface area contributed by atoms with Gasteiger partial charge < -0.3 is 10.1 Å². The molecule has 1 saturated carbocycles. The minimum atomic E-state index is 0.334. The van der Waals surface area contributed by atoms with Crippen LogP contribution in [0, 0.1) is 5.92 Å². The monoisotopic (exact) mass is 280 g/mol. The highest BCUT2D eigenvalue weighted by molar-refractivity contribution is 4.93. The second-order valence-electron chi connectivity index (χ2n) is 8.00. The van der Waals surface area contributed by atoms with Gasteiger partial charge in [0.2, 0.25) is 0 Å². The molecule has 1 N–H and O–H groups in total. The molecule has 3 nitrogen and oxygen atoms in total. The fraction of sp³-hybridized carbons (Fsp3) is 1.00. The number of fused-ring (bicyclic) bond motifs is 1. The number of piperidine rings is 1. The van der Waals surface area contributed by atoms with Gasteiger partial charge >= 0.3 is 0 Å². The van der Waals surface area contributed by atoms with E-state index in [9.17, 15) is 0 Å². The predicted molar refractivity (Wildman–Crippen MR) is 83.0 cm³/mol. The van der Waals surface area contributed by atoms with Crippen LogP contribution in [-0.2, 0) is 4.74 Å². The Morgan fingerprint density at radius 2 is 1.75 bits per heavy atom. The van der Waals surface area contributed by atoms with Gasteiger partial charge in [0.05, 0.1) is 6.10 Å². The second-order valence-corrected chi connectivity index (χ2v) is 8.00. The van der Waals surface area contributed by atoms with E-state index in [4.69, 9.17) is 4.74 Å². The Bertz CT molecular complexity index is 317. The quantitative estimate of drug-likeness (QED) is 0.842. The average molecular weight is 280 g/mol. The largest absolute Gasteiger partial charge is 0.378 e. The number of nitrogens with zero attached hydrogens (tertiary/aromatic N) is 1. The van der Waals surface area contributed by atoms with E-state index in [2.05, 4.69) is 31.0 Å². The van der Waals surface area contributed by atoms with Crippen molar-refractivity contribution in [3.63, 3.8) is 0 Å². The number of likely N-dealkylation sites (tertiary alicyclic amines) is 1. The van der Waals surface area contributed by atoms with Gasteiger partial charge in [-0.25, -0.2) is 0 Å². The summed E-state index contributed by atoms with van der Waals surface area (Å²) in [4.78, 5) is 2.63. The summed E-state index contributed by atoms with van der Waals surface area (Å²) in [5.74, 6) is 0.796. The van der Waals surface area contributed by atoms with E-state index in [1.807, 2.05) is 0 Å². The number of hydrogen-bond acceptors (Lipinski definition) is 3. The molecule has 3 heteroatoms. The first-order chi connectivity index (χ1) is 9.54. The maximum Gasteiger partial charge on any atom is 0.0619 e. The minimum Gasteiger partial charge on any atom is -0.378 e. The normalized spacial score (nSPS) is 37.0. The molecule has 2 aliphatic heterocycles. The Kier molecular flexibility index (Phi) is 4.40. The third kappa shape index (κ3) is 3.20. The highest BCUT2D eigenvalue weighted by Crippen LogP contribution is 2.35. The van der Waals surface area contributed by atoms with Gasteiger partial charge in [0.25, 0.3) is 0 Å². The lowest BCUT2D eigenvalue weighted by molar-refractivity contribution is 0.0447. The van der Waals surface area contributed by atoms with E-state index in [1.165, 1.54) is 51.6 Å². The molecule has 0 spiro atoms. The van der Waals surface area contributed by atoms with Crippen LogP contribution >= 0.6 is 0 Å². The van der Waals surface area contributed by atoms with E-state index in [1.54, 1.807) is 0 Å². The number of ether oxygens (including phenoxy) is 1. The van der Waals surface area contributed by atoms with Crippen LogP contribution < -0.4 is 5.32 Å². The zero-order valence-corrected chi connectivity index (χ0v) is 13.5. The van der Waals surface area contributed by atoms with Crippen molar-refractivity contribution in [2.45, 2.75) is 83.0 Å². The lowest BCUT2D eigenvalue weighted by Crippen LogP contribution is -2.53. The van der Waals surface area contributed by atoms with Gasteiger partial charge in [-0.1, -0.05) is 0 Å². The van der Waals surface area contributed by atoms with Crippen LogP contribution in [-0.4, -0.2) is 48.3 Å². The summed E-state index contributed by atoms with van der Waals surface area (Å²) in [6, 6.07) is 1.46. The van der Waals surface area contributed by atoms with E-state index in [0.717, 1.165) is 24.6 Å². The van der Waals surface area contributed by atoms with E-state index >= 15 is 0 Å². The van der Waals surface area contributed by atoms with Gasteiger partial charge in [-0.2, -0.15) is 0 Å². The fourth-order valence-corrected chi connectivity index (χ4v) is 4.40. The van der Waals surface area contributed by atoms with Crippen molar-refractivity contribution in [1.29, 1.82) is 0 Å². The van der Waals surface area contributed by atoms with Crippen molar-refractivity contribution in [3.05, 3.63) is 0 Å². The Morgan fingerprint density at radius 1 is 1.00 bits per heavy atom. The molecule has 0 radical (unpaired) electrons. The van der Waals surface area contributed by atoms with Gasteiger partial charge in [0, 0.05) is 43.2 Å². The molecule has 2 heterocycles. The van der Waals surface area contributed by atoms with Crippen molar-refractivity contribution in [3.8, 4) is 0 Å². The van der Waals surface area contributed by atoms with Crippen molar-refractivity contribution in [1.82, 2.24) is 10.2 Å². The fourth-order valence-electron chi connectivity index (χ4n) is 4.40. The molecular weight excluding hydrogens is 248 g/mol. The maximum absolute atomic E-state index is 5.89. The number of nitrogens with one attached hydrogen (secondary N) is 1. The van der Waals surface area contributed by atoms with Crippen molar-refractivity contribution < 1.29 is 4.74 Å². The van der Waals surface area contributed by atoms with Crippen LogP contribution in [0.2, 0.25) is 0 Å². The van der Waals surface area contributed by atoms with Gasteiger partial charge in [0.1, 0.15) is 0 Å². The molecule has 3 rings (SSSR count). The minimum absolute atomic E-state index is 0.334. The summed E-state index contributed by atoms with van der Waals surface area (Å²) in [5.41, 5.74) is 0.334. The van der Waals surface area contributed by atoms with Crippen molar-refractivity contribution in [2.75, 3.05) is 19.7 Å². The first kappa shape index (κ1) is 14.8. The molecule has 0 amide bonds. The van der Waals surface area contributed by atoms with Gasteiger partial charge in [-0.3, -0.25) is 4.90 Å². The molecule has 3 fully saturated rings. The van der Waals surface area contributed by atoms with E-state index in [-0.39, 0.29) is 0 Å². The molecule has 0 aromatic rings. The lowest BCUT2D eigenvalue weighted by Gasteiger charge is -2.43. The van der Waals surface area contributed by atoms with Crippen molar-refractivity contribution >= 4 is 0 Å². The molecule has 3 atom stereocenters. The third-order valence-electron chi connectivity index (χ3n) is 5.67. The highest BCUT2D eigenvalue weighted by Gasteiger charge is 2.38. The van der Waals surface area contributed by atoms with Gasteiger partial charge in [-0.05, 0) is 59.3 Å². The first-order valence-electron chi connectivity index (χ1n) is 8.67. The molecule has 0 bridgehead atoms. The molecule has 2 saturated heterocycles. The molecule has 3 aliphatic rings. The maximum atomic E-state index is 5.89. The van der Waals surface area contributed by atoms with E-state index in [0.29, 0.717) is 11.6 Å². The molecule has 20 heavy (non-hydrogen) atoms.